The van der Waals surface area contributed by atoms with Crippen molar-refractivity contribution in [1.29, 1.82) is 0 Å². The summed E-state index contributed by atoms with van der Waals surface area (Å²) in [4.78, 5) is 0. The summed E-state index contributed by atoms with van der Waals surface area (Å²) in [6.07, 6.45) is 1.10. The lowest BCUT2D eigenvalue weighted by Gasteiger charge is -2.02. The Balaban J connectivity index is 2.21. The molecule has 1 aromatic carbocycles. The van der Waals surface area contributed by atoms with Crippen LogP contribution in [0.15, 0.2) is 24.3 Å². The monoisotopic (exact) mass is 229 g/mol. The van der Waals surface area contributed by atoms with Crippen LogP contribution >= 0.6 is 0 Å². The molecular formula is C14H19N3. The average Bonchev–Trinajstić information content (AvgIpc) is 2.79. The van der Waals surface area contributed by atoms with Crippen molar-refractivity contribution in [3.05, 3.63) is 35.4 Å². The van der Waals surface area contributed by atoms with E-state index >= 15 is 0 Å². The van der Waals surface area contributed by atoms with Gasteiger partial charge in [-0.1, -0.05) is 19.1 Å². The van der Waals surface area contributed by atoms with Gasteiger partial charge >= 0.3 is 0 Å². The molecule has 0 saturated carbocycles. The van der Waals surface area contributed by atoms with E-state index in [0.29, 0.717) is 0 Å². The number of nitrogens with zero attached hydrogens (tertiary/aromatic N) is 1. The van der Waals surface area contributed by atoms with Crippen molar-refractivity contribution >= 4 is 5.82 Å². The fourth-order valence-corrected chi connectivity index (χ4v) is 1.72. The van der Waals surface area contributed by atoms with Crippen LogP contribution in [0.25, 0.3) is 11.3 Å². The van der Waals surface area contributed by atoms with Crippen molar-refractivity contribution in [3.8, 4) is 11.3 Å². The van der Waals surface area contributed by atoms with E-state index in [-0.39, 0.29) is 0 Å². The zero-order valence-electron chi connectivity index (χ0n) is 10.7. The Labute approximate surface area is 102 Å². The van der Waals surface area contributed by atoms with E-state index in [1.54, 1.807) is 0 Å². The number of anilines is 1. The topological polar surface area (TPSA) is 40.7 Å². The second-order valence-corrected chi connectivity index (χ2v) is 4.39. The second-order valence-electron chi connectivity index (χ2n) is 4.39. The Bertz CT molecular complexity index is 500. The molecule has 0 radical (unpaired) electrons. The molecule has 2 aromatic rings. The van der Waals surface area contributed by atoms with Crippen molar-refractivity contribution in [3.63, 3.8) is 0 Å². The van der Waals surface area contributed by atoms with Gasteiger partial charge in [0.25, 0.3) is 0 Å². The zero-order chi connectivity index (χ0) is 12.3. The van der Waals surface area contributed by atoms with Gasteiger partial charge in [0, 0.05) is 12.6 Å². The van der Waals surface area contributed by atoms with E-state index in [0.717, 1.165) is 24.5 Å². The molecule has 90 valence electrons. The van der Waals surface area contributed by atoms with Crippen molar-refractivity contribution in [2.45, 2.75) is 27.2 Å². The first kappa shape index (κ1) is 11.7. The van der Waals surface area contributed by atoms with E-state index in [1.807, 2.05) is 0 Å². The minimum Gasteiger partial charge on any atom is -0.369 e. The minimum absolute atomic E-state index is 0.917. The number of aryl methyl sites for hydroxylation is 2. The predicted octanol–water partition coefficient (Wildman–Crippen LogP) is 3.52. The SMILES string of the molecule is CCCNc1cc(-c2ccc(C)c(C)c2)[nH]n1. The van der Waals surface area contributed by atoms with E-state index < -0.39 is 0 Å². The van der Waals surface area contributed by atoms with Crippen molar-refractivity contribution in [2.75, 3.05) is 11.9 Å². The highest BCUT2D eigenvalue weighted by Crippen LogP contribution is 2.22. The number of hydrogen-bond acceptors (Lipinski definition) is 2. The molecule has 3 heteroatoms. The summed E-state index contributed by atoms with van der Waals surface area (Å²) < 4.78 is 0. The molecule has 1 heterocycles. The van der Waals surface area contributed by atoms with Gasteiger partial charge in [-0.25, -0.2) is 0 Å². The van der Waals surface area contributed by atoms with Gasteiger partial charge in [-0.15, -0.1) is 0 Å². The van der Waals surface area contributed by atoms with Crippen LogP contribution in [0.1, 0.15) is 24.5 Å². The predicted molar refractivity (Wildman–Crippen MR) is 72.3 cm³/mol. The van der Waals surface area contributed by atoms with Crippen LogP contribution in [0, 0.1) is 13.8 Å². The van der Waals surface area contributed by atoms with Gasteiger partial charge in [0.2, 0.25) is 0 Å². The van der Waals surface area contributed by atoms with Gasteiger partial charge in [-0.2, -0.15) is 5.10 Å². The average molecular weight is 229 g/mol. The molecule has 17 heavy (non-hydrogen) atoms. The number of nitrogens with one attached hydrogen (secondary N) is 2. The quantitative estimate of drug-likeness (QED) is 0.842. The first-order valence-corrected chi connectivity index (χ1v) is 6.07. The number of aromatic amines is 1. The van der Waals surface area contributed by atoms with Crippen molar-refractivity contribution < 1.29 is 0 Å². The van der Waals surface area contributed by atoms with Crippen molar-refractivity contribution in [1.82, 2.24) is 10.2 Å². The minimum atomic E-state index is 0.917. The van der Waals surface area contributed by atoms with Gasteiger partial charge in [-0.3, -0.25) is 5.10 Å². The summed E-state index contributed by atoms with van der Waals surface area (Å²) in [5.74, 6) is 0.917. The number of benzene rings is 1. The fraction of sp³-hybridized carbons (Fsp3) is 0.357. The van der Waals surface area contributed by atoms with Crippen LogP contribution in [0.3, 0.4) is 0 Å². The fourth-order valence-electron chi connectivity index (χ4n) is 1.72. The normalized spacial score (nSPS) is 10.5. The first-order valence-electron chi connectivity index (χ1n) is 6.07. The van der Waals surface area contributed by atoms with Crippen LogP contribution < -0.4 is 5.32 Å². The third kappa shape index (κ3) is 2.67. The summed E-state index contributed by atoms with van der Waals surface area (Å²) in [5.41, 5.74) is 4.87. The molecule has 1 aromatic heterocycles. The Hall–Kier alpha value is -1.77. The number of rotatable bonds is 4. The van der Waals surface area contributed by atoms with E-state index in [2.05, 4.69) is 60.6 Å². The maximum absolute atomic E-state index is 4.25. The summed E-state index contributed by atoms with van der Waals surface area (Å²) in [5, 5.41) is 10.6. The van der Waals surface area contributed by atoms with E-state index in [9.17, 15) is 0 Å². The molecule has 0 spiro atoms. The van der Waals surface area contributed by atoms with E-state index in [4.69, 9.17) is 0 Å². The summed E-state index contributed by atoms with van der Waals surface area (Å²) >= 11 is 0. The van der Waals surface area contributed by atoms with Gasteiger partial charge in [0.05, 0.1) is 5.69 Å². The van der Waals surface area contributed by atoms with Gasteiger partial charge in [0.1, 0.15) is 5.82 Å². The summed E-state index contributed by atoms with van der Waals surface area (Å²) in [6, 6.07) is 8.51. The first-order chi connectivity index (χ1) is 8.20. The lowest BCUT2D eigenvalue weighted by molar-refractivity contribution is 0.961. The standard InChI is InChI=1S/C14H19N3/c1-4-7-15-14-9-13(16-17-14)12-6-5-10(2)11(3)8-12/h5-6,8-9H,4,7H2,1-3H3,(H2,15,16,17). The van der Waals surface area contributed by atoms with Crippen LogP contribution in [0.4, 0.5) is 5.82 Å². The number of H-pyrrole nitrogens is 1. The molecular weight excluding hydrogens is 210 g/mol. The number of hydrogen-bond donors (Lipinski definition) is 2. The Morgan fingerprint density at radius 1 is 1.18 bits per heavy atom. The summed E-state index contributed by atoms with van der Waals surface area (Å²) in [6.45, 7) is 7.35. The maximum atomic E-state index is 4.25. The second kappa shape index (κ2) is 5.04. The van der Waals surface area contributed by atoms with E-state index in [1.165, 1.54) is 16.7 Å². The Kier molecular flexibility index (Phi) is 3.47. The molecule has 0 amide bonds. The summed E-state index contributed by atoms with van der Waals surface area (Å²) in [7, 11) is 0. The lowest BCUT2D eigenvalue weighted by Crippen LogP contribution is -1.99. The molecule has 0 atom stereocenters. The molecule has 2 N–H and O–H groups in total. The van der Waals surface area contributed by atoms with Gasteiger partial charge < -0.3 is 5.32 Å². The molecule has 0 bridgehead atoms. The molecule has 3 nitrogen and oxygen atoms in total. The smallest absolute Gasteiger partial charge is 0.148 e. The van der Waals surface area contributed by atoms with Gasteiger partial charge in [0.15, 0.2) is 0 Å². The van der Waals surface area contributed by atoms with Crippen molar-refractivity contribution in [2.24, 2.45) is 0 Å². The molecule has 0 fully saturated rings. The third-order valence-corrected chi connectivity index (χ3v) is 2.95. The highest BCUT2D eigenvalue weighted by Gasteiger charge is 2.04. The Morgan fingerprint density at radius 2 is 2.00 bits per heavy atom. The maximum Gasteiger partial charge on any atom is 0.148 e. The lowest BCUT2D eigenvalue weighted by atomic mass is 10.0. The number of aromatic nitrogens is 2. The Morgan fingerprint density at radius 3 is 2.71 bits per heavy atom. The van der Waals surface area contributed by atoms with Gasteiger partial charge in [-0.05, 0) is 43.0 Å². The molecule has 0 aliphatic carbocycles. The molecule has 0 saturated heterocycles. The molecule has 0 aliphatic heterocycles. The van der Waals surface area contributed by atoms with Crippen LogP contribution in [-0.2, 0) is 0 Å². The van der Waals surface area contributed by atoms with Crippen LogP contribution in [-0.4, -0.2) is 16.7 Å². The third-order valence-electron chi connectivity index (χ3n) is 2.95. The molecule has 2 rings (SSSR count). The highest BCUT2D eigenvalue weighted by molar-refractivity contribution is 5.64. The molecule has 0 aliphatic rings. The highest BCUT2D eigenvalue weighted by atomic mass is 15.2. The van der Waals surface area contributed by atoms with Crippen LogP contribution in [0.2, 0.25) is 0 Å². The largest absolute Gasteiger partial charge is 0.369 e. The molecule has 0 unspecified atom stereocenters. The zero-order valence-corrected chi connectivity index (χ0v) is 10.7. The van der Waals surface area contributed by atoms with Crippen LogP contribution in [0.5, 0.6) is 0 Å².